The van der Waals surface area contributed by atoms with E-state index in [1.54, 1.807) is 30.3 Å². The lowest BCUT2D eigenvalue weighted by molar-refractivity contribution is -0.119. The van der Waals surface area contributed by atoms with E-state index in [4.69, 9.17) is 20.8 Å². The predicted octanol–water partition coefficient (Wildman–Crippen LogP) is 3.86. The Kier molecular flexibility index (Phi) is 5.28. The maximum Gasteiger partial charge on any atom is 0.374 e. The Morgan fingerprint density at radius 1 is 1.15 bits per heavy atom. The first-order valence-corrected chi connectivity index (χ1v) is 8.49. The van der Waals surface area contributed by atoms with Crippen LogP contribution in [0.5, 0.6) is 0 Å². The average Bonchev–Trinajstić information content (AvgIpc) is 2.62. The first-order valence-electron chi connectivity index (χ1n) is 8.12. The third-order valence-electron chi connectivity index (χ3n) is 3.87. The highest BCUT2D eigenvalue weighted by molar-refractivity contribution is 6.34. The Labute approximate surface area is 159 Å². The molecule has 0 unspecified atom stereocenters. The minimum absolute atomic E-state index is 0.267. The van der Waals surface area contributed by atoms with Gasteiger partial charge in [-0.05, 0) is 43.2 Å². The van der Waals surface area contributed by atoms with Gasteiger partial charge in [0.1, 0.15) is 5.58 Å². The van der Waals surface area contributed by atoms with Crippen molar-refractivity contribution in [3.63, 3.8) is 0 Å². The molecule has 1 amide bonds. The molecule has 6 nitrogen and oxygen atoms in total. The number of anilines is 1. The Bertz CT molecular complexity index is 1080. The molecule has 138 valence electrons. The van der Waals surface area contributed by atoms with Crippen LogP contribution in [-0.4, -0.2) is 18.5 Å². The van der Waals surface area contributed by atoms with E-state index in [0.29, 0.717) is 16.1 Å². The van der Waals surface area contributed by atoms with Gasteiger partial charge < -0.3 is 14.5 Å². The molecule has 0 aliphatic heterocycles. The summed E-state index contributed by atoms with van der Waals surface area (Å²) in [5.41, 5.74) is 2.12. The van der Waals surface area contributed by atoms with Gasteiger partial charge in [-0.3, -0.25) is 9.59 Å². The molecule has 27 heavy (non-hydrogen) atoms. The third-order valence-corrected chi connectivity index (χ3v) is 4.16. The van der Waals surface area contributed by atoms with Crippen molar-refractivity contribution in [2.45, 2.75) is 13.8 Å². The van der Waals surface area contributed by atoms with Crippen molar-refractivity contribution in [2.75, 3.05) is 11.9 Å². The molecule has 3 rings (SSSR count). The summed E-state index contributed by atoms with van der Waals surface area (Å²) in [6.07, 6.45) is 0. The molecule has 0 spiro atoms. The van der Waals surface area contributed by atoms with Crippen LogP contribution < -0.4 is 10.7 Å². The van der Waals surface area contributed by atoms with Gasteiger partial charge >= 0.3 is 5.97 Å². The lowest BCUT2D eigenvalue weighted by Gasteiger charge is -2.11. The van der Waals surface area contributed by atoms with Crippen molar-refractivity contribution in [3.05, 3.63) is 74.6 Å². The van der Waals surface area contributed by atoms with Crippen molar-refractivity contribution < 1.29 is 18.7 Å². The number of para-hydroxylation sites is 1. The summed E-state index contributed by atoms with van der Waals surface area (Å²) in [5, 5.41) is 3.37. The Morgan fingerprint density at radius 3 is 2.63 bits per heavy atom. The van der Waals surface area contributed by atoms with Crippen molar-refractivity contribution in [3.8, 4) is 0 Å². The van der Waals surface area contributed by atoms with Crippen molar-refractivity contribution in [1.29, 1.82) is 0 Å². The maximum atomic E-state index is 12.1. The molecule has 0 saturated carbocycles. The highest BCUT2D eigenvalue weighted by atomic mass is 35.5. The molecule has 0 fully saturated rings. The third kappa shape index (κ3) is 4.17. The SMILES string of the molecule is Cc1cc(C)c(NC(=O)COC(=O)c2cc(=O)c3ccccc3o2)c(Cl)c1. The lowest BCUT2D eigenvalue weighted by Crippen LogP contribution is -2.22. The summed E-state index contributed by atoms with van der Waals surface area (Å²) >= 11 is 6.14. The number of carbonyl (C=O) groups is 2. The first kappa shape index (κ1) is 18.7. The number of rotatable bonds is 4. The van der Waals surface area contributed by atoms with Crippen LogP contribution in [-0.2, 0) is 9.53 Å². The Hall–Kier alpha value is -3.12. The number of carbonyl (C=O) groups excluding carboxylic acids is 2. The molecule has 3 aromatic rings. The quantitative estimate of drug-likeness (QED) is 0.689. The fourth-order valence-electron chi connectivity index (χ4n) is 2.66. The number of ether oxygens (including phenoxy) is 1. The fraction of sp³-hybridized carbons (Fsp3) is 0.150. The molecule has 1 aromatic heterocycles. The van der Waals surface area contributed by atoms with Gasteiger partial charge in [-0.25, -0.2) is 4.79 Å². The molecule has 7 heteroatoms. The topological polar surface area (TPSA) is 85.6 Å². The van der Waals surface area contributed by atoms with Gasteiger partial charge in [0, 0.05) is 6.07 Å². The zero-order valence-electron chi connectivity index (χ0n) is 14.7. The van der Waals surface area contributed by atoms with E-state index in [1.165, 1.54) is 0 Å². The molecule has 0 atom stereocenters. The van der Waals surface area contributed by atoms with Crippen LogP contribution in [0.3, 0.4) is 0 Å². The van der Waals surface area contributed by atoms with E-state index >= 15 is 0 Å². The zero-order valence-corrected chi connectivity index (χ0v) is 15.4. The fourth-order valence-corrected chi connectivity index (χ4v) is 3.02. The molecule has 0 bridgehead atoms. The molecule has 1 heterocycles. The second-order valence-corrected chi connectivity index (χ2v) is 6.44. The smallest absolute Gasteiger partial charge is 0.374 e. The Balaban J connectivity index is 1.69. The second-order valence-electron chi connectivity index (χ2n) is 6.03. The van der Waals surface area contributed by atoms with Crippen molar-refractivity contribution in [2.24, 2.45) is 0 Å². The summed E-state index contributed by atoms with van der Waals surface area (Å²) in [5.74, 6) is -1.73. The largest absolute Gasteiger partial charge is 0.450 e. The number of fused-ring (bicyclic) bond motifs is 1. The maximum absolute atomic E-state index is 12.1. The minimum atomic E-state index is -0.903. The lowest BCUT2D eigenvalue weighted by atomic mass is 10.1. The van der Waals surface area contributed by atoms with E-state index in [9.17, 15) is 14.4 Å². The number of hydrogen-bond donors (Lipinski definition) is 1. The van der Waals surface area contributed by atoms with Crippen LogP contribution in [0.2, 0.25) is 5.02 Å². The van der Waals surface area contributed by atoms with Crippen LogP contribution in [0.25, 0.3) is 11.0 Å². The minimum Gasteiger partial charge on any atom is -0.450 e. The van der Waals surface area contributed by atoms with Gasteiger partial charge in [-0.2, -0.15) is 0 Å². The van der Waals surface area contributed by atoms with Gasteiger partial charge in [0.25, 0.3) is 5.91 Å². The van der Waals surface area contributed by atoms with Crippen LogP contribution >= 0.6 is 11.6 Å². The Morgan fingerprint density at radius 2 is 1.89 bits per heavy atom. The second kappa shape index (κ2) is 7.63. The van der Waals surface area contributed by atoms with Crippen LogP contribution in [0.1, 0.15) is 21.7 Å². The molecule has 0 aliphatic carbocycles. The average molecular weight is 386 g/mol. The predicted molar refractivity (Wildman–Crippen MR) is 102 cm³/mol. The number of halogens is 1. The number of benzene rings is 2. The summed E-state index contributed by atoms with van der Waals surface area (Å²) in [7, 11) is 0. The first-order chi connectivity index (χ1) is 12.8. The molecule has 0 radical (unpaired) electrons. The highest BCUT2D eigenvalue weighted by Gasteiger charge is 2.16. The number of nitrogens with one attached hydrogen (secondary N) is 1. The van der Waals surface area contributed by atoms with Crippen molar-refractivity contribution >= 4 is 40.1 Å². The normalized spacial score (nSPS) is 10.6. The van der Waals surface area contributed by atoms with Crippen molar-refractivity contribution in [1.82, 2.24) is 0 Å². The molecular weight excluding hydrogens is 370 g/mol. The van der Waals surface area contributed by atoms with Crippen LogP contribution in [0.4, 0.5) is 5.69 Å². The van der Waals surface area contributed by atoms with Gasteiger partial charge in [-0.1, -0.05) is 29.8 Å². The van der Waals surface area contributed by atoms with E-state index in [2.05, 4.69) is 5.32 Å². The molecule has 0 aliphatic rings. The summed E-state index contributed by atoms with van der Waals surface area (Å²) in [6.45, 7) is 3.16. The summed E-state index contributed by atoms with van der Waals surface area (Å²) in [6, 6.07) is 11.2. The molecule has 2 aromatic carbocycles. The molecule has 0 saturated heterocycles. The van der Waals surface area contributed by atoms with Crippen LogP contribution in [0.15, 0.2) is 51.7 Å². The van der Waals surface area contributed by atoms with Gasteiger partial charge in [0.05, 0.1) is 16.1 Å². The van der Waals surface area contributed by atoms with Gasteiger partial charge in [0.2, 0.25) is 5.76 Å². The number of amides is 1. The summed E-state index contributed by atoms with van der Waals surface area (Å²) in [4.78, 5) is 36.2. The number of hydrogen-bond acceptors (Lipinski definition) is 5. The standard InChI is InChI=1S/C20H16ClNO5/c1-11-7-12(2)19(14(21)8-11)22-18(24)10-26-20(25)17-9-15(23)13-5-3-4-6-16(13)27-17/h3-9H,10H2,1-2H3,(H,22,24). The van der Waals surface area contributed by atoms with E-state index in [1.807, 2.05) is 19.9 Å². The van der Waals surface area contributed by atoms with E-state index in [0.717, 1.165) is 17.2 Å². The van der Waals surface area contributed by atoms with E-state index in [-0.39, 0.29) is 16.8 Å². The zero-order chi connectivity index (χ0) is 19.6. The highest BCUT2D eigenvalue weighted by Crippen LogP contribution is 2.27. The van der Waals surface area contributed by atoms with Crippen LogP contribution in [0, 0.1) is 13.8 Å². The monoisotopic (exact) mass is 385 g/mol. The van der Waals surface area contributed by atoms with E-state index < -0.39 is 18.5 Å². The number of aryl methyl sites for hydroxylation is 2. The van der Waals surface area contributed by atoms with Gasteiger partial charge in [-0.15, -0.1) is 0 Å². The summed E-state index contributed by atoms with van der Waals surface area (Å²) < 4.78 is 10.3. The van der Waals surface area contributed by atoms with Gasteiger partial charge in [0.15, 0.2) is 12.0 Å². The number of esters is 1. The molecule has 1 N–H and O–H groups in total. The molecular formula is C20H16ClNO5.